The monoisotopic (exact) mass is 293 g/mol. The van der Waals surface area contributed by atoms with Crippen molar-refractivity contribution < 1.29 is 9.53 Å². The summed E-state index contributed by atoms with van der Waals surface area (Å²) in [6.07, 6.45) is 1.79. The SMILES string of the molecule is COC(=O)C(NCc1cn[nH]c1-c1cccs1)C(C)C. The number of thiophene rings is 1. The zero-order chi connectivity index (χ0) is 14.5. The first kappa shape index (κ1) is 14.7. The van der Waals surface area contributed by atoms with Crippen LogP contribution in [0.15, 0.2) is 23.7 Å². The highest BCUT2D eigenvalue weighted by molar-refractivity contribution is 7.13. The molecule has 6 heteroatoms. The molecule has 2 aromatic heterocycles. The predicted molar refractivity (Wildman–Crippen MR) is 79.4 cm³/mol. The van der Waals surface area contributed by atoms with Gasteiger partial charge >= 0.3 is 5.97 Å². The summed E-state index contributed by atoms with van der Waals surface area (Å²) < 4.78 is 4.82. The van der Waals surface area contributed by atoms with Crippen LogP contribution < -0.4 is 5.32 Å². The van der Waals surface area contributed by atoms with Crippen molar-refractivity contribution >= 4 is 17.3 Å². The molecule has 0 saturated carbocycles. The Kier molecular flexibility index (Phi) is 4.92. The number of aromatic nitrogens is 2. The Morgan fingerprint density at radius 2 is 2.35 bits per heavy atom. The van der Waals surface area contributed by atoms with Gasteiger partial charge in [0.25, 0.3) is 0 Å². The Bertz CT molecular complexity index is 549. The molecule has 1 unspecified atom stereocenters. The predicted octanol–water partition coefficient (Wildman–Crippen LogP) is 2.43. The molecule has 20 heavy (non-hydrogen) atoms. The fourth-order valence-electron chi connectivity index (χ4n) is 2.02. The van der Waals surface area contributed by atoms with Gasteiger partial charge in [-0.05, 0) is 17.4 Å². The molecule has 0 amide bonds. The Morgan fingerprint density at radius 3 is 2.95 bits per heavy atom. The van der Waals surface area contributed by atoms with E-state index in [0.717, 1.165) is 16.1 Å². The normalized spacial score (nSPS) is 12.6. The van der Waals surface area contributed by atoms with Gasteiger partial charge in [-0.3, -0.25) is 15.2 Å². The molecule has 5 nitrogen and oxygen atoms in total. The number of esters is 1. The van der Waals surface area contributed by atoms with E-state index < -0.39 is 0 Å². The van der Waals surface area contributed by atoms with Crippen LogP contribution in [0.1, 0.15) is 19.4 Å². The maximum atomic E-state index is 11.7. The van der Waals surface area contributed by atoms with Gasteiger partial charge in [-0.1, -0.05) is 19.9 Å². The molecule has 0 fully saturated rings. The van der Waals surface area contributed by atoms with Crippen molar-refractivity contribution in [3.63, 3.8) is 0 Å². The number of aromatic amines is 1. The summed E-state index contributed by atoms with van der Waals surface area (Å²) >= 11 is 1.66. The lowest BCUT2D eigenvalue weighted by Gasteiger charge is -2.19. The molecular formula is C14H19N3O2S. The van der Waals surface area contributed by atoms with E-state index in [1.807, 2.05) is 31.4 Å². The summed E-state index contributed by atoms with van der Waals surface area (Å²) in [5.74, 6) is -0.0688. The molecule has 1 atom stereocenters. The minimum absolute atomic E-state index is 0.166. The first-order valence-electron chi connectivity index (χ1n) is 6.50. The van der Waals surface area contributed by atoms with E-state index in [-0.39, 0.29) is 17.9 Å². The zero-order valence-electron chi connectivity index (χ0n) is 11.8. The van der Waals surface area contributed by atoms with Crippen LogP contribution in [0, 0.1) is 5.92 Å². The zero-order valence-corrected chi connectivity index (χ0v) is 12.7. The summed E-state index contributed by atoms with van der Waals surface area (Å²) in [5, 5.41) is 12.4. The lowest BCUT2D eigenvalue weighted by Crippen LogP contribution is -2.41. The molecule has 0 saturated heterocycles. The number of hydrogen-bond acceptors (Lipinski definition) is 5. The van der Waals surface area contributed by atoms with Crippen LogP contribution in [-0.2, 0) is 16.1 Å². The number of methoxy groups -OCH3 is 1. The van der Waals surface area contributed by atoms with Crippen LogP contribution in [0.4, 0.5) is 0 Å². The highest BCUT2D eigenvalue weighted by Crippen LogP contribution is 2.25. The first-order chi connectivity index (χ1) is 9.63. The third-order valence-electron chi connectivity index (χ3n) is 3.12. The van der Waals surface area contributed by atoms with Crippen LogP contribution in [-0.4, -0.2) is 29.3 Å². The van der Waals surface area contributed by atoms with Crippen molar-refractivity contribution in [1.29, 1.82) is 0 Å². The number of hydrogen-bond donors (Lipinski definition) is 2. The van der Waals surface area contributed by atoms with Crippen LogP contribution in [0.5, 0.6) is 0 Å². The van der Waals surface area contributed by atoms with Gasteiger partial charge < -0.3 is 4.74 Å². The molecule has 0 aliphatic carbocycles. The van der Waals surface area contributed by atoms with E-state index in [0.29, 0.717) is 6.54 Å². The number of nitrogens with one attached hydrogen (secondary N) is 2. The second-order valence-corrected chi connectivity index (χ2v) is 5.82. The number of carbonyl (C=O) groups excluding carboxylic acids is 1. The topological polar surface area (TPSA) is 67.0 Å². The van der Waals surface area contributed by atoms with Crippen molar-refractivity contribution in [2.45, 2.75) is 26.4 Å². The summed E-state index contributed by atoms with van der Waals surface area (Å²) in [7, 11) is 1.41. The van der Waals surface area contributed by atoms with Crippen LogP contribution in [0.3, 0.4) is 0 Å². The summed E-state index contributed by atoms with van der Waals surface area (Å²) in [6, 6.07) is 3.73. The molecule has 2 N–H and O–H groups in total. The lowest BCUT2D eigenvalue weighted by atomic mass is 10.0. The molecule has 0 radical (unpaired) electrons. The van der Waals surface area contributed by atoms with Gasteiger partial charge in [-0.2, -0.15) is 5.10 Å². The number of nitrogens with zero attached hydrogens (tertiary/aromatic N) is 1. The Morgan fingerprint density at radius 1 is 1.55 bits per heavy atom. The van der Waals surface area contributed by atoms with E-state index in [4.69, 9.17) is 4.74 Å². The fraction of sp³-hybridized carbons (Fsp3) is 0.429. The van der Waals surface area contributed by atoms with Gasteiger partial charge in [0.2, 0.25) is 0 Å². The molecule has 0 bridgehead atoms. The van der Waals surface area contributed by atoms with Crippen molar-refractivity contribution in [2.75, 3.05) is 7.11 Å². The second kappa shape index (κ2) is 6.67. The average Bonchev–Trinajstić information content (AvgIpc) is 3.08. The van der Waals surface area contributed by atoms with E-state index >= 15 is 0 Å². The average molecular weight is 293 g/mol. The molecule has 0 aromatic carbocycles. The Balaban J connectivity index is 2.07. The van der Waals surface area contributed by atoms with Gasteiger partial charge in [0, 0.05) is 12.1 Å². The fourth-order valence-corrected chi connectivity index (χ4v) is 2.77. The highest BCUT2D eigenvalue weighted by Gasteiger charge is 2.22. The van der Waals surface area contributed by atoms with Gasteiger partial charge in [0.1, 0.15) is 6.04 Å². The lowest BCUT2D eigenvalue weighted by molar-refractivity contribution is -0.144. The Hall–Kier alpha value is -1.66. The maximum absolute atomic E-state index is 11.7. The number of rotatable bonds is 6. The molecule has 0 aliphatic heterocycles. The molecule has 2 aromatic rings. The van der Waals surface area contributed by atoms with Crippen LogP contribution in [0.25, 0.3) is 10.6 Å². The molecule has 0 aliphatic rings. The molecule has 2 heterocycles. The minimum atomic E-state index is -0.314. The van der Waals surface area contributed by atoms with E-state index in [2.05, 4.69) is 15.5 Å². The standard InChI is InChI=1S/C14H19N3O2S/c1-9(2)12(14(18)19-3)15-7-10-8-16-17-13(10)11-5-4-6-20-11/h4-6,8-9,12,15H,7H2,1-3H3,(H,16,17). The van der Waals surface area contributed by atoms with Crippen molar-refractivity contribution in [2.24, 2.45) is 5.92 Å². The first-order valence-corrected chi connectivity index (χ1v) is 7.38. The third kappa shape index (κ3) is 3.26. The minimum Gasteiger partial charge on any atom is -0.468 e. The number of H-pyrrole nitrogens is 1. The molecular weight excluding hydrogens is 274 g/mol. The van der Waals surface area contributed by atoms with E-state index in [1.165, 1.54) is 7.11 Å². The maximum Gasteiger partial charge on any atom is 0.323 e. The third-order valence-corrected chi connectivity index (χ3v) is 4.01. The molecule has 2 rings (SSSR count). The molecule has 0 spiro atoms. The second-order valence-electron chi connectivity index (χ2n) is 4.87. The van der Waals surface area contributed by atoms with Crippen LogP contribution in [0.2, 0.25) is 0 Å². The summed E-state index contributed by atoms with van der Waals surface area (Å²) in [5.41, 5.74) is 2.04. The van der Waals surface area contributed by atoms with Crippen molar-refractivity contribution in [1.82, 2.24) is 15.5 Å². The summed E-state index contributed by atoms with van der Waals surface area (Å²) in [6.45, 7) is 4.55. The van der Waals surface area contributed by atoms with Crippen molar-refractivity contribution in [3.05, 3.63) is 29.3 Å². The Labute approximate surface area is 122 Å². The largest absolute Gasteiger partial charge is 0.468 e. The van der Waals surface area contributed by atoms with Gasteiger partial charge in [-0.25, -0.2) is 0 Å². The van der Waals surface area contributed by atoms with Crippen molar-refractivity contribution in [3.8, 4) is 10.6 Å². The number of carbonyl (C=O) groups is 1. The smallest absolute Gasteiger partial charge is 0.323 e. The summed E-state index contributed by atoms with van der Waals surface area (Å²) in [4.78, 5) is 12.9. The quantitative estimate of drug-likeness (QED) is 0.803. The number of ether oxygens (including phenoxy) is 1. The van der Waals surface area contributed by atoms with Crippen LogP contribution >= 0.6 is 11.3 Å². The molecule has 108 valence electrons. The van der Waals surface area contributed by atoms with Gasteiger partial charge in [0.15, 0.2) is 0 Å². The van der Waals surface area contributed by atoms with E-state index in [1.54, 1.807) is 17.5 Å². The van der Waals surface area contributed by atoms with Gasteiger partial charge in [-0.15, -0.1) is 11.3 Å². The van der Waals surface area contributed by atoms with Gasteiger partial charge in [0.05, 0.1) is 23.9 Å². The van der Waals surface area contributed by atoms with E-state index in [9.17, 15) is 4.79 Å². The highest BCUT2D eigenvalue weighted by atomic mass is 32.1.